The summed E-state index contributed by atoms with van der Waals surface area (Å²) in [6.45, 7) is -0.150. The molecule has 0 fully saturated rings. The van der Waals surface area contributed by atoms with Gasteiger partial charge in [0.05, 0.1) is 18.2 Å². The van der Waals surface area contributed by atoms with E-state index in [1.54, 1.807) is 0 Å². The lowest BCUT2D eigenvalue weighted by Crippen LogP contribution is -2.40. The number of aryl methyl sites for hydroxylation is 1. The van der Waals surface area contributed by atoms with Gasteiger partial charge in [0, 0.05) is 13.2 Å². The maximum Gasteiger partial charge on any atom is 0.331 e. The fraction of sp³-hybridized carbons (Fsp3) is 0.154. The predicted molar refractivity (Wildman–Crippen MR) is 70.6 cm³/mol. The first-order valence-corrected chi connectivity index (χ1v) is 5.68. The van der Waals surface area contributed by atoms with Crippen LogP contribution >= 0.6 is 0 Å². The Bertz CT molecular complexity index is 795. The molecule has 0 unspecified atom stereocenters. The molecule has 0 aliphatic heterocycles. The number of nitriles is 1. The van der Waals surface area contributed by atoms with E-state index in [-0.39, 0.29) is 17.8 Å². The quantitative estimate of drug-likeness (QED) is 0.845. The van der Waals surface area contributed by atoms with Gasteiger partial charge in [0.1, 0.15) is 11.5 Å². The average molecular weight is 274 g/mol. The number of nitrogens with two attached hydrogens (primary N) is 1. The molecule has 1 heterocycles. The third-order valence-corrected chi connectivity index (χ3v) is 2.78. The van der Waals surface area contributed by atoms with Crippen LogP contribution in [0.5, 0.6) is 0 Å². The molecule has 2 N–H and O–H groups in total. The van der Waals surface area contributed by atoms with Crippen LogP contribution in [0.25, 0.3) is 0 Å². The average Bonchev–Trinajstić information content (AvgIpc) is 2.40. The smallest absolute Gasteiger partial charge is 0.331 e. The first-order valence-electron chi connectivity index (χ1n) is 5.68. The molecule has 0 bridgehead atoms. The number of anilines is 1. The molecule has 6 nitrogen and oxygen atoms in total. The number of aromatic nitrogens is 2. The minimum atomic E-state index is -0.643. The van der Waals surface area contributed by atoms with Gasteiger partial charge < -0.3 is 10.3 Å². The van der Waals surface area contributed by atoms with Crippen molar-refractivity contribution in [2.75, 3.05) is 5.73 Å². The van der Waals surface area contributed by atoms with Gasteiger partial charge in [-0.25, -0.2) is 9.18 Å². The van der Waals surface area contributed by atoms with Crippen molar-refractivity contribution in [2.45, 2.75) is 6.54 Å². The first-order chi connectivity index (χ1) is 9.42. The minimum Gasteiger partial charge on any atom is -0.393 e. The van der Waals surface area contributed by atoms with E-state index < -0.39 is 17.1 Å². The summed E-state index contributed by atoms with van der Waals surface area (Å²) in [5.74, 6) is -0.604. The van der Waals surface area contributed by atoms with E-state index in [2.05, 4.69) is 0 Å². The summed E-state index contributed by atoms with van der Waals surface area (Å²) < 4.78 is 15.4. The van der Waals surface area contributed by atoms with Crippen molar-refractivity contribution in [3.63, 3.8) is 0 Å². The zero-order valence-electron chi connectivity index (χ0n) is 10.6. The molecule has 20 heavy (non-hydrogen) atoms. The Morgan fingerprint density at radius 3 is 2.70 bits per heavy atom. The molecule has 0 aliphatic rings. The highest BCUT2D eigenvalue weighted by Crippen LogP contribution is 2.09. The highest BCUT2D eigenvalue weighted by molar-refractivity contribution is 5.35. The predicted octanol–water partition coefficient (Wildman–Crippen LogP) is 0.188. The van der Waals surface area contributed by atoms with Gasteiger partial charge in [-0.05, 0) is 23.8 Å². The second kappa shape index (κ2) is 5.01. The lowest BCUT2D eigenvalue weighted by Gasteiger charge is -2.08. The summed E-state index contributed by atoms with van der Waals surface area (Å²) in [6, 6.07) is 5.46. The molecule has 0 saturated carbocycles. The molecular weight excluding hydrogens is 263 g/mol. The number of benzene rings is 1. The number of hydrogen-bond donors (Lipinski definition) is 1. The first kappa shape index (κ1) is 13.5. The van der Waals surface area contributed by atoms with Crippen LogP contribution in [0.4, 0.5) is 10.1 Å². The van der Waals surface area contributed by atoms with Crippen LogP contribution in [-0.2, 0) is 13.6 Å². The van der Waals surface area contributed by atoms with E-state index in [1.165, 1.54) is 23.9 Å². The molecule has 0 aliphatic carbocycles. The Kier molecular flexibility index (Phi) is 3.39. The van der Waals surface area contributed by atoms with Crippen LogP contribution in [0.3, 0.4) is 0 Å². The van der Waals surface area contributed by atoms with Crippen LogP contribution in [0.1, 0.15) is 11.1 Å². The number of halogens is 1. The maximum atomic E-state index is 13.3. The van der Waals surface area contributed by atoms with E-state index >= 15 is 0 Å². The standard InChI is InChI=1S/C13H11FN4O2/c1-17-7-11(16)12(19)18(13(17)20)6-9-2-8(5-15)3-10(14)4-9/h2-4,7H,6,16H2,1H3. The van der Waals surface area contributed by atoms with Crippen molar-refractivity contribution in [3.8, 4) is 6.07 Å². The Balaban J connectivity index is 2.57. The summed E-state index contributed by atoms with van der Waals surface area (Å²) in [4.78, 5) is 23.7. The lowest BCUT2D eigenvalue weighted by atomic mass is 10.1. The van der Waals surface area contributed by atoms with Crippen molar-refractivity contribution < 1.29 is 4.39 Å². The molecule has 0 radical (unpaired) electrons. The Morgan fingerprint density at radius 1 is 1.35 bits per heavy atom. The highest BCUT2D eigenvalue weighted by atomic mass is 19.1. The highest BCUT2D eigenvalue weighted by Gasteiger charge is 2.09. The molecule has 7 heteroatoms. The van der Waals surface area contributed by atoms with Gasteiger partial charge >= 0.3 is 5.69 Å². The summed E-state index contributed by atoms with van der Waals surface area (Å²) in [5, 5.41) is 8.78. The molecule has 0 amide bonds. The van der Waals surface area contributed by atoms with Crippen molar-refractivity contribution in [3.05, 3.63) is 62.2 Å². The largest absolute Gasteiger partial charge is 0.393 e. The third kappa shape index (κ3) is 2.44. The van der Waals surface area contributed by atoms with Gasteiger partial charge in [0.15, 0.2) is 0 Å². The van der Waals surface area contributed by atoms with Crippen LogP contribution in [-0.4, -0.2) is 9.13 Å². The summed E-state index contributed by atoms with van der Waals surface area (Å²) in [5.41, 5.74) is 4.68. The van der Waals surface area contributed by atoms with Gasteiger partial charge in [-0.3, -0.25) is 9.36 Å². The Labute approximate surface area is 113 Å². The van der Waals surface area contributed by atoms with E-state index in [1.807, 2.05) is 6.07 Å². The van der Waals surface area contributed by atoms with Crippen LogP contribution in [0.15, 0.2) is 34.0 Å². The fourth-order valence-corrected chi connectivity index (χ4v) is 1.88. The number of nitrogens with zero attached hydrogens (tertiary/aromatic N) is 3. The molecule has 0 saturated heterocycles. The molecule has 2 rings (SSSR count). The van der Waals surface area contributed by atoms with E-state index in [0.717, 1.165) is 16.7 Å². The van der Waals surface area contributed by atoms with Crippen LogP contribution in [0, 0.1) is 17.1 Å². The normalized spacial score (nSPS) is 10.2. The number of rotatable bonds is 2. The van der Waals surface area contributed by atoms with Crippen LogP contribution in [0.2, 0.25) is 0 Å². The molecule has 2 aromatic rings. The van der Waals surface area contributed by atoms with Crippen LogP contribution < -0.4 is 17.0 Å². The summed E-state index contributed by atoms with van der Waals surface area (Å²) in [7, 11) is 1.46. The Hall–Kier alpha value is -2.88. The van der Waals surface area contributed by atoms with Crippen molar-refractivity contribution >= 4 is 5.69 Å². The summed E-state index contributed by atoms with van der Waals surface area (Å²) >= 11 is 0. The topological polar surface area (TPSA) is 93.8 Å². The van der Waals surface area contributed by atoms with Crippen molar-refractivity contribution in [1.82, 2.24) is 9.13 Å². The number of nitrogen functional groups attached to an aromatic ring is 1. The zero-order valence-corrected chi connectivity index (χ0v) is 10.6. The molecule has 102 valence electrons. The number of hydrogen-bond acceptors (Lipinski definition) is 4. The van der Waals surface area contributed by atoms with Gasteiger partial charge in [0.25, 0.3) is 5.56 Å². The van der Waals surface area contributed by atoms with Gasteiger partial charge in [-0.2, -0.15) is 5.26 Å². The van der Waals surface area contributed by atoms with E-state index in [0.29, 0.717) is 5.56 Å². The zero-order chi connectivity index (χ0) is 14.9. The van der Waals surface area contributed by atoms with E-state index in [4.69, 9.17) is 11.0 Å². The molecule has 0 spiro atoms. The molecular formula is C13H11FN4O2. The third-order valence-electron chi connectivity index (χ3n) is 2.78. The fourth-order valence-electron chi connectivity index (χ4n) is 1.88. The molecule has 0 atom stereocenters. The SMILES string of the molecule is Cn1cc(N)c(=O)n(Cc2cc(F)cc(C#N)c2)c1=O. The van der Waals surface area contributed by atoms with Gasteiger partial charge in [-0.15, -0.1) is 0 Å². The minimum absolute atomic E-state index is 0.0796. The molecule has 1 aromatic heterocycles. The van der Waals surface area contributed by atoms with Gasteiger partial charge in [-0.1, -0.05) is 0 Å². The van der Waals surface area contributed by atoms with Gasteiger partial charge in [0.2, 0.25) is 0 Å². The summed E-state index contributed by atoms with van der Waals surface area (Å²) in [6.07, 6.45) is 1.23. The van der Waals surface area contributed by atoms with E-state index in [9.17, 15) is 14.0 Å². The lowest BCUT2D eigenvalue weighted by molar-refractivity contribution is 0.613. The molecule has 1 aromatic carbocycles. The monoisotopic (exact) mass is 274 g/mol. The Morgan fingerprint density at radius 2 is 2.05 bits per heavy atom. The maximum absolute atomic E-state index is 13.3. The second-order valence-electron chi connectivity index (χ2n) is 4.33. The van der Waals surface area contributed by atoms with Crippen molar-refractivity contribution in [1.29, 1.82) is 5.26 Å². The van der Waals surface area contributed by atoms with Crippen molar-refractivity contribution in [2.24, 2.45) is 7.05 Å². The second-order valence-corrected chi connectivity index (χ2v) is 4.33.